The lowest BCUT2D eigenvalue weighted by molar-refractivity contribution is 0.178. The molecule has 0 amide bonds. The molecule has 1 aromatic carbocycles. The molecule has 4 nitrogen and oxygen atoms in total. The Kier molecular flexibility index (Phi) is 5.25. The van der Waals surface area contributed by atoms with Crippen LogP contribution in [-0.4, -0.2) is 44.0 Å². The third-order valence-electron chi connectivity index (χ3n) is 2.55. The standard InChI is InChI=1S/C12H20N2O2/c1-13-9-12(16)10-3-5-11(6-4-10)14(2)7-8-15/h3-6,12-13,15-16H,7-9H2,1-2H3. The highest BCUT2D eigenvalue weighted by atomic mass is 16.3. The minimum absolute atomic E-state index is 0.140. The van der Waals surface area contributed by atoms with Crippen LogP contribution in [0.4, 0.5) is 5.69 Å². The highest BCUT2D eigenvalue weighted by molar-refractivity contribution is 5.47. The average molecular weight is 224 g/mol. The van der Waals surface area contributed by atoms with Gasteiger partial charge < -0.3 is 20.4 Å². The van der Waals surface area contributed by atoms with E-state index in [9.17, 15) is 5.11 Å². The van der Waals surface area contributed by atoms with Gasteiger partial charge in [0.1, 0.15) is 0 Å². The zero-order valence-corrected chi connectivity index (χ0v) is 9.85. The molecule has 0 aliphatic carbocycles. The molecule has 3 N–H and O–H groups in total. The number of aliphatic hydroxyl groups excluding tert-OH is 2. The molecule has 90 valence electrons. The Labute approximate surface area is 96.5 Å². The predicted molar refractivity (Wildman–Crippen MR) is 65.7 cm³/mol. The van der Waals surface area contributed by atoms with Gasteiger partial charge >= 0.3 is 0 Å². The summed E-state index contributed by atoms with van der Waals surface area (Å²) in [6.07, 6.45) is -0.470. The maximum absolute atomic E-state index is 9.74. The number of aliphatic hydroxyl groups is 2. The van der Waals surface area contributed by atoms with Gasteiger partial charge in [-0.05, 0) is 24.7 Å². The summed E-state index contributed by atoms with van der Waals surface area (Å²) in [6.45, 7) is 1.30. The van der Waals surface area contributed by atoms with Gasteiger partial charge in [-0.15, -0.1) is 0 Å². The van der Waals surface area contributed by atoms with E-state index in [1.807, 2.05) is 43.3 Å². The molecular formula is C12H20N2O2. The Morgan fingerprint density at radius 2 is 1.94 bits per heavy atom. The van der Waals surface area contributed by atoms with Gasteiger partial charge in [0.15, 0.2) is 0 Å². The number of anilines is 1. The van der Waals surface area contributed by atoms with Crippen molar-refractivity contribution in [2.24, 2.45) is 0 Å². The van der Waals surface area contributed by atoms with Crippen molar-refractivity contribution < 1.29 is 10.2 Å². The molecule has 0 radical (unpaired) electrons. The highest BCUT2D eigenvalue weighted by Crippen LogP contribution is 2.17. The summed E-state index contributed by atoms with van der Waals surface area (Å²) in [7, 11) is 3.74. The molecule has 16 heavy (non-hydrogen) atoms. The number of rotatable bonds is 6. The number of likely N-dealkylation sites (N-methyl/N-ethyl adjacent to an activating group) is 2. The first-order valence-electron chi connectivity index (χ1n) is 5.43. The SMILES string of the molecule is CNCC(O)c1ccc(N(C)CCO)cc1. The van der Waals surface area contributed by atoms with E-state index in [1.54, 1.807) is 0 Å². The largest absolute Gasteiger partial charge is 0.395 e. The Balaban J connectivity index is 2.67. The van der Waals surface area contributed by atoms with E-state index in [0.29, 0.717) is 13.1 Å². The van der Waals surface area contributed by atoms with Crippen molar-refractivity contribution >= 4 is 5.69 Å². The van der Waals surface area contributed by atoms with Gasteiger partial charge in [0, 0.05) is 25.8 Å². The quantitative estimate of drug-likeness (QED) is 0.653. The molecule has 0 bridgehead atoms. The molecule has 4 heteroatoms. The lowest BCUT2D eigenvalue weighted by Crippen LogP contribution is -2.21. The van der Waals surface area contributed by atoms with Gasteiger partial charge in [0.05, 0.1) is 12.7 Å². The predicted octanol–water partition coefficient (Wildman–Crippen LogP) is 0.368. The number of benzene rings is 1. The van der Waals surface area contributed by atoms with E-state index in [0.717, 1.165) is 11.3 Å². The van der Waals surface area contributed by atoms with Crippen molar-refractivity contribution in [2.45, 2.75) is 6.10 Å². The van der Waals surface area contributed by atoms with Crippen LogP contribution in [0.2, 0.25) is 0 Å². The fraction of sp³-hybridized carbons (Fsp3) is 0.500. The lowest BCUT2D eigenvalue weighted by atomic mass is 10.1. The van der Waals surface area contributed by atoms with E-state index in [4.69, 9.17) is 5.11 Å². The van der Waals surface area contributed by atoms with Crippen molar-refractivity contribution in [3.63, 3.8) is 0 Å². The van der Waals surface area contributed by atoms with Crippen molar-refractivity contribution in [3.05, 3.63) is 29.8 Å². The van der Waals surface area contributed by atoms with E-state index >= 15 is 0 Å². The minimum Gasteiger partial charge on any atom is -0.395 e. The van der Waals surface area contributed by atoms with Crippen LogP contribution < -0.4 is 10.2 Å². The first-order chi connectivity index (χ1) is 7.69. The zero-order chi connectivity index (χ0) is 12.0. The van der Waals surface area contributed by atoms with Crippen molar-refractivity contribution in [1.82, 2.24) is 5.32 Å². The summed E-state index contributed by atoms with van der Waals surface area (Å²) in [5.74, 6) is 0. The Morgan fingerprint density at radius 3 is 2.44 bits per heavy atom. The number of nitrogens with one attached hydrogen (secondary N) is 1. The lowest BCUT2D eigenvalue weighted by Gasteiger charge is -2.19. The smallest absolute Gasteiger partial charge is 0.0914 e. The summed E-state index contributed by atoms with van der Waals surface area (Å²) in [6, 6.07) is 7.71. The molecule has 0 saturated heterocycles. The molecular weight excluding hydrogens is 204 g/mol. The van der Waals surface area contributed by atoms with Crippen LogP contribution in [0.15, 0.2) is 24.3 Å². The van der Waals surface area contributed by atoms with Gasteiger partial charge in [-0.1, -0.05) is 12.1 Å². The van der Waals surface area contributed by atoms with Crippen LogP contribution in [0, 0.1) is 0 Å². The molecule has 0 saturated carbocycles. The maximum Gasteiger partial charge on any atom is 0.0914 e. The fourth-order valence-corrected chi connectivity index (χ4v) is 1.54. The second-order valence-corrected chi connectivity index (χ2v) is 3.81. The molecule has 0 fully saturated rings. The minimum atomic E-state index is -0.470. The summed E-state index contributed by atoms with van der Waals surface area (Å²) in [5, 5.41) is 21.5. The zero-order valence-electron chi connectivity index (χ0n) is 9.85. The molecule has 0 aliphatic rings. The molecule has 0 heterocycles. The summed E-state index contributed by atoms with van der Waals surface area (Å²) in [4.78, 5) is 1.97. The van der Waals surface area contributed by atoms with E-state index in [1.165, 1.54) is 0 Å². The monoisotopic (exact) mass is 224 g/mol. The van der Waals surface area contributed by atoms with E-state index in [-0.39, 0.29) is 6.61 Å². The maximum atomic E-state index is 9.74. The van der Waals surface area contributed by atoms with Gasteiger partial charge in [-0.2, -0.15) is 0 Å². The van der Waals surface area contributed by atoms with Crippen LogP contribution >= 0.6 is 0 Å². The second kappa shape index (κ2) is 6.48. The molecule has 1 rings (SSSR count). The molecule has 0 aromatic heterocycles. The van der Waals surface area contributed by atoms with Gasteiger partial charge in [-0.3, -0.25) is 0 Å². The summed E-state index contributed by atoms with van der Waals surface area (Å²) in [5.41, 5.74) is 1.94. The molecule has 0 aliphatic heterocycles. The Hall–Kier alpha value is -1.10. The van der Waals surface area contributed by atoms with Crippen molar-refractivity contribution in [1.29, 1.82) is 0 Å². The fourth-order valence-electron chi connectivity index (χ4n) is 1.54. The Morgan fingerprint density at radius 1 is 1.31 bits per heavy atom. The molecule has 0 spiro atoms. The van der Waals surface area contributed by atoms with E-state index in [2.05, 4.69) is 5.32 Å². The van der Waals surface area contributed by atoms with Crippen molar-refractivity contribution in [3.8, 4) is 0 Å². The van der Waals surface area contributed by atoms with Gasteiger partial charge in [0.25, 0.3) is 0 Å². The first-order valence-corrected chi connectivity index (χ1v) is 5.43. The van der Waals surface area contributed by atoms with Crippen LogP contribution in [-0.2, 0) is 0 Å². The topological polar surface area (TPSA) is 55.7 Å². The average Bonchev–Trinajstić information content (AvgIpc) is 2.30. The number of nitrogens with zero attached hydrogens (tertiary/aromatic N) is 1. The van der Waals surface area contributed by atoms with Crippen LogP contribution in [0.5, 0.6) is 0 Å². The summed E-state index contributed by atoms with van der Waals surface area (Å²) >= 11 is 0. The summed E-state index contributed by atoms with van der Waals surface area (Å²) < 4.78 is 0. The number of hydrogen-bond acceptors (Lipinski definition) is 4. The normalized spacial score (nSPS) is 12.5. The van der Waals surface area contributed by atoms with Crippen LogP contribution in [0.1, 0.15) is 11.7 Å². The number of hydrogen-bond donors (Lipinski definition) is 3. The van der Waals surface area contributed by atoms with Crippen LogP contribution in [0.3, 0.4) is 0 Å². The molecule has 1 aromatic rings. The highest BCUT2D eigenvalue weighted by Gasteiger charge is 2.06. The third-order valence-corrected chi connectivity index (χ3v) is 2.55. The molecule has 1 unspecified atom stereocenters. The van der Waals surface area contributed by atoms with Crippen LogP contribution in [0.25, 0.3) is 0 Å². The molecule has 1 atom stereocenters. The third kappa shape index (κ3) is 3.48. The van der Waals surface area contributed by atoms with Gasteiger partial charge in [-0.25, -0.2) is 0 Å². The first kappa shape index (κ1) is 13.0. The van der Waals surface area contributed by atoms with E-state index < -0.39 is 6.10 Å². The van der Waals surface area contributed by atoms with Crippen molar-refractivity contribution in [2.75, 3.05) is 38.7 Å². The second-order valence-electron chi connectivity index (χ2n) is 3.81. The van der Waals surface area contributed by atoms with Gasteiger partial charge in [0.2, 0.25) is 0 Å². The Bertz CT molecular complexity index is 269.